The van der Waals surface area contributed by atoms with E-state index < -0.39 is 11.9 Å². The average Bonchev–Trinajstić information content (AvgIpc) is 3.27. The van der Waals surface area contributed by atoms with E-state index in [0.717, 1.165) is 6.42 Å². The summed E-state index contributed by atoms with van der Waals surface area (Å²) < 4.78 is 1.86. The van der Waals surface area contributed by atoms with Gasteiger partial charge in [0.25, 0.3) is 0 Å². The van der Waals surface area contributed by atoms with Crippen molar-refractivity contribution in [2.75, 3.05) is 18.4 Å². The number of carboxylic acids is 1. The maximum Gasteiger partial charge on any atom is 0.323 e. The fourth-order valence-electron chi connectivity index (χ4n) is 3.07. The second-order valence-corrected chi connectivity index (χ2v) is 6.29. The Labute approximate surface area is 129 Å². The first-order valence-corrected chi connectivity index (χ1v) is 7.88. The Hall–Kier alpha value is -2.05. The molecule has 7 heteroatoms. The molecule has 0 radical (unpaired) electrons. The summed E-state index contributed by atoms with van der Waals surface area (Å²) >= 11 is 0. The van der Waals surface area contributed by atoms with E-state index in [0.29, 0.717) is 24.7 Å². The molecular formula is C15H22N4O3. The second kappa shape index (κ2) is 5.98. The smallest absolute Gasteiger partial charge is 0.323 e. The van der Waals surface area contributed by atoms with Crippen LogP contribution in [0.25, 0.3) is 0 Å². The van der Waals surface area contributed by atoms with E-state index in [9.17, 15) is 9.59 Å². The van der Waals surface area contributed by atoms with Crippen molar-refractivity contribution in [1.29, 1.82) is 0 Å². The van der Waals surface area contributed by atoms with Crippen LogP contribution in [-0.2, 0) is 4.79 Å². The van der Waals surface area contributed by atoms with Crippen molar-refractivity contribution in [3.05, 3.63) is 12.3 Å². The minimum absolute atomic E-state index is 0.240. The van der Waals surface area contributed by atoms with Gasteiger partial charge in [-0.25, -0.2) is 9.48 Å². The van der Waals surface area contributed by atoms with Crippen molar-refractivity contribution in [1.82, 2.24) is 14.7 Å². The Morgan fingerprint density at radius 1 is 1.41 bits per heavy atom. The fraction of sp³-hybridized carbons (Fsp3) is 0.667. The molecule has 1 saturated heterocycles. The number of hydrogen-bond donors (Lipinski definition) is 2. The van der Waals surface area contributed by atoms with Gasteiger partial charge in [0.1, 0.15) is 5.82 Å². The summed E-state index contributed by atoms with van der Waals surface area (Å²) in [6, 6.07) is 1.82. The van der Waals surface area contributed by atoms with Crippen molar-refractivity contribution in [3.63, 3.8) is 0 Å². The number of hydrogen-bond acceptors (Lipinski definition) is 3. The Kier molecular flexibility index (Phi) is 4.04. The van der Waals surface area contributed by atoms with E-state index in [4.69, 9.17) is 5.11 Å². The summed E-state index contributed by atoms with van der Waals surface area (Å²) in [6.07, 6.45) is 5.46. The van der Waals surface area contributed by atoms with E-state index in [1.165, 1.54) is 12.8 Å². The molecule has 2 atom stereocenters. The zero-order valence-corrected chi connectivity index (χ0v) is 12.7. The number of urea groups is 1. The quantitative estimate of drug-likeness (QED) is 0.892. The molecule has 2 aliphatic rings. The van der Waals surface area contributed by atoms with Gasteiger partial charge in [-0.05, 0) is 38.5 Å². The third-order valence-corrected chi connectivity index (χ3v) is 4.65. The molecule has 0 bridgehead atoms. The molecule has 1 saturated carbocycles. The molecule has 3 rings (SSSR count). The van der Waals surface area contributed by atoms with Crippen LogP contribution in [0.3, 0.4) is 0 Å². The van der Waals surface area contributed by atoms with Crippen LogP contribution in [0.4, 0.5) is 10.6 Å². The lowest BCUT2D eigenvalue weighted by Gasteiger charge is -2.30. The molecule has 1 aromatic rings. The lowest BCUT2D eigenvalue weighted by atomic mass is 9.99. The van der Waals surface area contributed by atoms with Crippen molar-refractivity contribution < 1.29 is 14.7 Å². The van der Waals surface area contributed by atoms with Gasteiger partial charge in [-0.15, -0.1) is 0 Å². The number of carbonyl (C=O) groups excluding carboxylic acids is 1. The number of piperidine rings is 1. The summed E-state index contributed by atoms with van der Waals surface area (Å²) in [4.78, 5) is 25.1. The Morgan fingerprint density at radius 2 is 2.18 bits per heavy atom. The van der Waals surface area contributed by atoms with E-state index in [2.05, 4.69) is 17.3 Å². The summed E-state index contributed by atoms with van der Waals surface area (Å²) in [5, 5.41) is 16.3. The van der Waals surface area contributed by atoms with Crippen LogP contribution in [-0.4, -0.2) is 44.9 Å². The molecule has 1 aliphatic heterocycles. The van der Waals surface area contributed by atoms with E-state index in [1.54, 1.807) is 17.2 Å². The molecule has 2 unspecified atom stereocenters. The molecule has 1 aliphatic carbocycles. The lowest BCUT2D eigenvalue weighted by molar-refractivity contribution is -0.143. The zero-order valence-electron chi connectivity index (χ0n) is 12.7. The lowest BCUT2D eigenvalue weighted by Crippen LogP contribution is -2.44. The Bertz CT molecular complexity index is 567. The van der Waals surface area contributed by atoms with Crippen LogP contribution in [0.1, 0.15) is 38.6 Å². The largest absolute Gasteiger partial charge is 0.481 e. The number of carbonyl (C=O) groups is 2. The highest BCUT2D eigenvalue weighted by atomic mass is 16.4. The van der Waals surface area contributed by atoms with Gasteiger partial charge in [-0.3, -0.25) is 10.1 Å². The number of aromatic nitrogens is 2. The van der Waals surface area contributed by atoms with Gasteiger partial charge in [-0.2, -0.15) is 5.10 Å². The van der Waals surface area contributed by atoms with E-state index in [-0.39, 0.29) is 18.6 Å². The average molecular weight is 306 g/mol. The number of nitrogens with one attached hydrogen (secondary N) is 1. The first-order chi connectivity index (χ1) is 10.6. The summed E-state index contributed by atoms with van der Waals surface area (Å²) in [6.45, 7) is 2.98. The molecule has 0 aromatic carbocycles. The Morgan fingerprint density at radius 3 is 2.86 bits per heavy atom. The molecular weight excluding hydrogens is 284 g/mol. The number of anilines is 1. The SMILES string of the molecule is CC(C1CC1)n1nccc1NC(=O)N1CCCC(C(=O)O)C1. The first-order valence-electron chi connectivity index (χ1n) is 7.88. The van der Waals surface area contributed by atoms with Crippen LogP contribution in [0.2, 0.25) is 0 Å². The van der Waals surface area contributed by atoms with Crippen LogP contribution in [0.5, 0.6) is 0 Å². The molecule has 2 heterocycles. The van der Waals surface area contributed by atoms with Gasteiger partial charge in [0.2, 0.25) is 0 Å². The van der Waals surface area contributed by atoms with Gasteiger partial charge < -0.3 is 10.0 Å². The normalized spacial score (nSPS) is 23.1. The van der Waals surface area contributed by atoms with Crippen molar-refractivity contribution in [2.45, 2.75) is 38.6 Å². The van der Waals surface area contributed by atoms with Gasteiger partial charge in [0.05, 0.1) is 18.2 Å². The standard InChI is InChI=1S/C15H22N4O3/c1-10(11-4-5-11)19-13(6-7-16-19)17-15(22)18-8-2-3-12(9-18)14(20)21/h6-7,10-12H,2-5,8-9H2,1H3,(H,17,22)(H,20,21). The number of amides is 2. The van der Waals surface area contributed by atoms with Gasteiger partial charge in [0.15, 0.2) is 0 Å². The van der Waals surface area contributed by atoms with Crippen LogP contribution < -0.4 is 5.32 Å². The molecule has 7 nitrogen and oxygen atoms in total. The van der Waals surface area contributed by atoms with Crippen molar-refractivity contribution >= 4 is 17.8 Å². The van der Waals surface area contributed by atoms with Crippen LogP contribution >= 0.6 is 0 Å². The third kappa shape index (κ3) is 3.08. The molecule has 0 spiro atoms. The molecule has 2 N–H and O–H groups in total. The first kappa shape index (κ1) is 14.9. The summed E-state index contributed by atoms with van der Waals surface area (Å²) in [7, 11) is 0. The third-order valence-electron chi connectivity index (χ3n) is 4.65. The minimum atomic E-state index is -0.829. The summed E-state index contributed by atoms with van der Waals surface area (Å²) in [5.74, 6) is 0.0310. The highest BCUT2D eigenvalue weighted by Gasteiger charge is 2.32. The van der Waals surface area contributed by atoms with Gasteiger partial charge in [-0.1, -0.05) is 0 Å². The maximum atomic E-state index is 12.4. The molecule has 1 aromatic heterocycles. The number of rotatable bonds is 4. The molecule has 2 amide bonds. The number of likely N-dealkylation sites (tertiary alicyclic amines) is 1. The van der Waals surface area contributed by atoms with Crippen molar-refractivity contribution in [3.8, 4) is 0 Å². The zero-order chi connectivity index (χ0) is 15.7. The topological polar surface area (TPSA) is 87.5 Å². The Balaban J connectivity index is 1.64. The molecule has 22 heavy (non-hydrogen) atoms. The van der Waals surface area contributed by atoms with E-state index in [1.807, 2.05) is 4.68 Å². The number of carboxylic acid groups (broad SMARTS) is 1. The fourth-order valence-corrected chi connectivity index (χ4v) is 3.07. The second-order valence-electron chi connectivity index (χ2n) is 6.29. The van der Waals surface area contributed by atoms with E-state index >= 15 is 0 Å². The van der Waals surface area contributed by atoms with Gasteiger partial charge >= 0.3 is 12.0 Å². The predicted molar refractivity (Wildman–Crippen MR) is 80.6 cm³/mol. The van der Waals surface area contributed by atoms with Crippen molar-refractivity contribution in [2.24, 2.45) is 11.8 Å². The monoisotopic (exact) mass is 306 g/mol. The van der Waals surface area contributed by atoms with Crippen LogP contribution in [0.15, 0.2) is 12.3 Å². The molecule has 120 valence electrons. The van der Waals surface area contributed by atoms with Gasteiger partial charge in [0, 0.05) is 19.2 Å². The van der Waals surface area contributed by atoms with Crippen LogP contribution in [0, 0.1) is 11.8 Å². The summed E-state index contributed by atoms with van der Waals surface area (Å²) in [5.41, 5.74) is 0. The highest BCUT2D eigenvalue weighted by Crippen LogP contribution is 2.40. The molecule has 2 fully saturated rings. The number of aliphatic carboxylic acids is 1. The highest BCUT2D eigenvalue weighted by molar-refractivity contribution is 5.89. The maximum absolute atomic E-state index is 12.4. The number of nitrogens with zero attached hydrogens (tertiary/aromatic N) is 3. The minimum Gasteiger partial charge on any atom is -0.481 e. The predicted octanol–water partition coefficient (Wildman–Crippen LogP) is 2.18.